The Balaban J connectivity index is 2.31. The van der Waals surface area contributed by atoms with Gasteiger partial charge in [-0.2, -0.15) is 0 Å². The molecule has 0 saturated carbocycles. The van der Waals surface area contributed by atoms with E-state index in [0.29, 0.717) is 0 Å². The van der Waals surface area contributed by atoms with Crippen LogP contribution in [0.25, 0.3) is 6.08 Å². The van der Waals surface area contributed by atoms with Gasteiger partial charge in [0.2, 0.25) is 0 Å². The molecule has 0 unspecified atom stereocenters. The first-order chi connectivity index (χ1) is 5.47. The smallest absolute Gasteiger partial charge is 0.0404 e. The Kier molecular flexibility index (Phi) is 1.78. The monoisotopic (exact) mass is 148 g/mol. The molecule has 2 heteroatoms. The third-order valence-electron chi connectivity index (χ3n) is 1.94. The Labute approximate surface area is 66.5 Å². The van der Waals surface area contributed by atoms with Gasteiger partial charge in [-0.1, -0.05) is 6.08 Å². The van der Waals surface area contributed by atoms with Crippen LogP contribution in [0.2, 0.25) is 0 Å². The van der Waals surface area contributed by atoms with Gasteiger partial charge in [-0.3, -0.25) is 0 Å². The summed E-state index contributed by atoms with van der Waals surface area (Å²) in [6.07, 6.45) is 6.43. The molecule has 0 bridgehead atoms. The molecule has 1 aliphatic heterocycles. The summed E-state index contributed by atoms with van der Waals surface area (Å²) in [4.78, 5) is 0. The van der Waals surface area contributed by atoms with Crippen LogP contribution in [0, 0.1) is 0 Å². The molecular weight excluding hydrogens is 136 g/mol. The second kappa shape index (κ2) is 2.93. The zero-order valence-corrected chi connectivity index (χ0v) is 6.46. The first kappa shape index (κ1) is 6.68. The van der Waals surface area contributed by atoms with Crippen LogP contribution in [-0.4, -0.2) is 17.7 Å². The van der Waals surface area contributed by atoms with Gasteiger partial charge < -0.3 is 9.88 Å². The van der Waals surface area contributed by atoms with Crippen LogP contribution in [0.1, 0.15) is 5.69 Å². The van der Waals surface area contributed by atoms with Crippen molar-refractivity contribution in [2.75, 3.05) is 13.1 Å². The third kappa shape index (κ3) is 1.35. The van der Waals surface area contributed by atoms with Crippen LogP contribution in [-0.2, 0) is 6.54 Å². The first-order valence-electron chi connectivity index (χ1n) is 3.99. The molecule has 11 heavy (non-hydrogen) atoms. The summed E-state index contributed by atoms with van der Waals surface area (Å²) in [6, 6.07) is 4.23. The van der Waals surface area contributed by atoms with E-state index >= 15 is 0 Å². The van der Waals surface area contributed by atoms with Gasteiger partial charge in [-0.25, -0.2) is 0 Å². The fourth-order valence-corrected chi connectivity index (χ4v) is 1.35. The van der Waals surface area contributed by atoms with E-state index in [2.05, 4.69) is 40.4 Å². The van der Waals surface area contributed by atoms with Crippen LogP contribution in [0.15, 0.2) is 24.4 Å². The summed E-state index contributed by atoms with van der Waals surface area (Å²) in [7, 11) is 0. The Morgan fingerprint density at radius 1 is 1.45 bits per heavy atom. The van der Waals surface area contributed by atoms with Crippen LogP contribution < -0.4 is 5.32 Å². The number of fused-ring (bicyclic) bond motifs is 1. The van der Waals surface area contributed by atoms with E-state index in [1.165, 1.54) is 5.69 Å². The minimum Gasteiger partial charge on any atom is -0.347 e. The van der Waals surface area contributed by atoms with E-state index in [1.807, 2.05) is 0 Å². The molecule has 0 spiro atoms. The molecule has 2 nitrogen and oxygen atoms in total. The van der Waals surface area contributed by atoms with Gasteiger partial charge >= 0.3 is 0 Å². The van der Waals surface area contributed by atoms with Crippen LogP contribution in [0.3, 0.4) is 0 Å². The molecule has 0 radical (unpaired) electrons. The Bertz CT molecular complexity index is 260. The summed E-state index contributed by atoms with van der Waals surface area (Å²) in [6.45, 7) is 3.13. The summed E-state index contributed by atoms with van der Waals surface area (Å²) < 4.78 is 2.25. The van der Waals surface area contributed by atoms with E-state index in [1.54, 1.807) is 0 Å². The Hall–Kier alpha value is -1.02. The molecule has 0 fully saturated rings. The maximum absolute atomic E-state index is 3.31. The summed E-state index contributed by atoms with van der Waals surface area (Å²) >= 11 is 0. The molecule has 0 amide bonds. The van der Waals surface area contributed by atoms with Crippen molar-refractivity contribution >= 4 is 6.08 Å². The highest BCUT2D eigenvalue weighted by Gasteiger charge is 1.97. The van der Waals surface area contributed by atoms with Crippen molar-refractivity contribution in [1.82, 2.24) is 9.88 Å². The predicted molar refractivity (Wildman–Crippen MR) is 46.3 cm³/mol. The number of rotatable bonds is 0. The van der Waals surface area contributed by atoms with Crippen molar-refractivity contribution in [2.45, 2.75) is 6.54 Å². The van der Waals surface area contributed by atoms with Gasteiger partial charge in [0.1, 0.15) is 0 Å². The molecule has 0 aromatic carbocycles. The van der Waals surface area contributed by atoms with Gasteiger partial charge in [-0.05, 0) is 18.2 Å². The molecule has 0 aliphatic carbocycles. The molecule has 1 aromatic rings. The van der Waals surface area contributed by atoms with Crippen LogP contribution >= 0.6 is 0 Å². The lowest BCUT2D eigenvalue weighted by atomic mass is 10.3. The second-order valence-corrected chi connectivity index (χ2v) is 2.73. The van der Waals surface area contributed by atoms with Crippen molar-refractivity contribution in [2.24, 2.45) is 0 Å². The van der Waals surface area contributed by atoms with Gasteiger partial charge in [0.25, 0.3) is 0 Å². The summed E-state index contributed by atoms with van der Waals surface area (Å²) in [5, 5.41) is 3.31. The molecule has 2 rings (SSSR count). The lowest BCUT2D eigenvalue weighted by molar-refractivity contribution is 0.619. The number of hydrogen-bond donors (Lipinski definition) is 1. The number of hydrogen-bond acceptors (Lipinski definition) is 1. The third-order valence-corrected chi connectivity index (χ3v) is 1.94. The highest BCUT2D eigenvalue weighted by Crippen LogP contribution is 2.05. The highest BCUT2D eigenvalue weighted by molar-refractivity contribution is 5.45. The quantitative estimate of drug-likeness (QED) is 0.583. The van der Waals surface area contributed by atoms with Gasteiger partial charge in [0.15, 0.2) is 0 Å². The number of nitrogens with zero attached hydrogens (tertiary/aromatic N) is 1. The van der Waals surface area contributed by atoms with E-state index in [4.69, 9.17) is 0 Å². The zero-order valence-electron chi connectivity index (χ0n) is 6.46. The fourth-order valence-electron chi connectivity index (χ4n) is 1.35. The number of nitrogens with one attached hydrogen (secondary N) is 1. The minimum absolute atomic E-state index is 0.991. The zero-order chi connectivity index (χ0) is 7.52. The maximum atomic E-state index is 3.31. The molecule has 2 heterocycles. The lowest BCUT2D eigenvalue weighted by Gasteiger charge is -2.09. The van der Waals surface area contributed by atoms with Crippen molar-refractivity contribution in [1.29, 1.82) is 0 Å². The van der Waals surface area contributed by atoms with Crippen LogP contribution in [0.5, 0.6) is 0 Å². The average Bonchev–Trinajstić information content (AvgIpc) is 2.35. The number of aromatic nitrogens is 1. The molecule has 1 N–H and O–H groups in total. The molecule has 1 aromatic heterocycles. The largest absolute Gasteiger partial charge is 0.347 e. The maximum Gasteiger partial charge on any atom is 0.0404 e. The van der Waals surface area contributed by atoms with Crippen molar-refractivity contribution < 1.29 is 0 Å². The minimum atomic E-state index is 0.991. The first-order valence-corrected chi connectivity index (χ1v) is 3.99. The molecule has 0 saturated heterocycles. The van der Waals surface area contributed by atoms with E-state index in [-0.39, 0.29) is 0 Å². The van der Waals surface area contributed by atoms with E-state index in [0.717, 1.165) is 19.6 Å². The summed E-state index contributed by atoms with van der Waals surface area (Å²) in [5.41, 5.74) is 1.31. The van der Waals surface area contributed by atoms with E-state index in [9.17, 15) is 0 Å². The molecular formula is C9H12N2. The van der Waals surface area contributed by atoms with Crippen molar-refractivity contribution in [3.63, 3.8) is 0 Å². The Morgan fingerprint density at radius 2 is 2.45 bits per heavy atom. The second-order valence-electron chi connectivity index (χ2n) is 2.73. The summed E-state index contributed by atoms with van der Waals surface area (Å²) in [5.74, 6) is 0. The van der Waals surface area contributed by atoms with Gasteiger partial charge in [0.05, 0.1) is 0 Å². The standard InChI is InChI=1S/C9H12N2/c1-3-9-4-2-7-11(9)8-6-10-5-1/h1-4,7,10H,5-6,8H2/b3-1-. The fraction of sp³-hybridized carbons (Fsp3) is 0.333. The van der Waals surface area contributed by atoms with Crippen molar-refractivity contribution in [3.05, 3.63) is 30.1 Å². The molecule has 0 atom stereocenters. The van der Waals surface area contributed by atoms with Gasteiger partial charge in [-0.15, -0.1) is 0 Å². The topological polar surface area (TPSA) is 17.0 Å². The SMILES string of the molecule is C1=C\c2cccn2CCNC/1. The lowest BCUT2D eigenvalue weighted by Crippen LogP contribution is -2.21. The predicted octanol–water partition coefficient (Wildman–Crippen LogP) is 1.10. The van der Waals surface area contributed by atoms with Gasteiger partial charge in [0, 0.05) is 31.5 Å². The van der Waals surface area contributed by atoms with Crippen molar-refractivity contribution in [3.8, 4) is 0 Å². The molecule has 1 aliphatic rings. The van der Waals surface area contributed by atoms with E-state index < -0.39 is 0 Å². The Morgan fingerprint density at radius 3 is 3.45 bits per heavy atom. The van der Waals surface area contributed by atoms with Crippen LogP contribution in [0.4, 0.5) is 0 Å². The highest BCUT2D eigenvalue weighted by atomic mass is 15.0. The average molecular weight is 148 g/mol. The molecule has 58 valence electrons. The normalized spacial score (nSPS) is 20.0.